The molecule has 3 aromatic rings. The number of hydrogen-bond donors (Lipinski definition) is 2. The van der Waals surface area contributed by atoms with Crippen molar-refractivity contribution in [3.8, 4) is 0 Å². The van der Waals surface area contributed by atoms with Gasteiger partial charge in [-0.25, -0.2) is 4.98 Å². The molecule has 7 nitrogen and oxygen atoms in total. The average molecular weight is 393 g/mol. The lowest BCUT2D eigenvalue weighted by Gasteiger charge is -2.09. The number of carbonyl (C=O) groups excluding carboxylic acids is 2. The summed E-state index contributed by atoms with van der Waals surface area (Å²) in [5.74, 6) is -0.330. The molecule has 0 radical (unpaired) electrons. The van der Waals surface area contributed by atoms with Gasteiger partial charge in [0.1, 0.15) is 5.82 Å². The summed E-state index contributed by atoms with van der Waals surface area (Å²) in [6, 6.07) is 12.8. The van der Waals surface area contributed by atoms with Crippen molar-refractivity contribution < 1.29 is 14.3 Å². The monoisotopic (exact) mass is 393 g/mol. The Morgan fingerprint density at radius 2 is 1.93 bits per heavy atom. The van der Waals surface area contributed by atoms with Crippen molar-refractivity contribution >= 4 is 28.5 Å². The number of anilines is 1. The molecule has 0 aliphatic rings. The zero-order valence-corrected chi connectivity index (χ0v) is 16.5. The van der Waals surface area contributed by atoms with Gasteiger partial charge >= 0.3 is 5.97 Å². The van der Waals surface area contributed by atoms with Crippen LogP contribution in [0.15, 0.2) is 47.3 Å². The molecule has 1 heterocycles. The topological polar surface area (TPSA) is 101 Å². The van der Waals surface area contributed by atoms with Gasteiger partial charge in [0, 0.05) is 18.5 Å². The van der Waals surface area contributed by atoms with Crippen LogP contribution < -0.4 is 10.9 Å². The Morgan fingerprint density at radius 1 is 1.14 bits per heavy atom. The van der Waals surface area contributed by atoms with Gasteiger partial charge in [-0.05, 0) is 44.0 Å². The van der Waals surface area contributed by atoms with Crippen LogP contribution in [0.3, 0.4) is 0 Å². The van der Waals surface area contributed by atoms with E-state index in [2.05, 4.69) is 15.3 Å². The summed E-state index contributed by atoms with van der Waals surface area (Å²) in [4.78, 5) is 43.0. The van der Waals surface area contributed by atoms with E-state index in [1.54, 1.807) is 18.2 Å². The number of benzene rings is 2. The van der Waals surface area contributed by atoms with Gasteiger partial charge in [0.2, 0.25) is 0 Å². The molecule has 0 atom stereocenters. The van der Waals surface area contributed by atoms with Crippen LogP contribution in [-0.2, 0) is 20.7 Å². The average Bonchev–Trinajstić information content (AvgIpc) is 2.69. The molecule has 2 N–H and O–H groups in total. The molecule has 150 valence electrons. The molecular weight excluding hydrogens is 370 g/mol. The third kappa shape index (κ3) is 5.51. The van der Waals surface area contributed by atoms with Crippen LogP contribution in [0.4, 0.5) is 5.69 Å². The molecule has 0 spiro atoms. The van der Waals surface area contributed by atoms with Crippen molar-refractivity contribution in [1.29, 1.82) is 0 Å². The Bertz CT molecular complexity index is 1100. The highest BCUT2D eigenvalue weighted by molar-refractivity contribution is 5.93. The van der Waals surface area contributed by atoms with Crippen LogP contribution >= 0.6 is 0 Å². The first-order valence-corrected chi connectivity index (χ1v) is 9.43. The van der Waals surface area contributed by atoms with Gasteiger partial charge in [0.05, 0.1) is 10.9 Å². The maximum Gasteiger partial charge on any atom is 0.306 e. The molecule has 0 unspecified atom stereocenters. The second-order valence-corrected chi connectivity index (χ2v) is 6.91. The third-order valence-electron chi connectivity index (χ3n) is 4.48. The Kier molecular flexibility index (Phi) is 6.39. The number of esters is 1. The van der Waals surface area contributed by atoms with Gasteiger partial charge in [0.15, 0.2) is 6.61 Å². The number of aryl methyl sites for hydroxylation is 3. The van der Waals surface area contributed by atoms with E-state index in [4.69, 9.17) is 4.74 Å². The fraction of sp³-hybridized carbons (Fsp3) is 0.273. The van der Waals surface area contributed by atoms with Gasteiger partial charge < -0.3 is 15.0 Å². The highest BCUT2D eigenvalue weighted by atomic mass is 16.5. The van der Waals surface area contributed by atoms with Crippen LogP contribution in [0.25, 0.3) is 10.9 Å². The van der Waals surface area contributed by atoms with Crippen molar-refractivity contribution in [2.24, 2.45) is 0 Å². The third-order valence-corrected chi connectivity index (χ3v) is 4.48. The van der Waals surface area contributed by atoms with Crippen molar-refractivity contribution in [2.75, 3.05) is 11.9 Å². The molecule has 0 saturated carbocycles. The van der Waals surface area contributed by atoms with E-state index >= 15 is 0 Å². The summed E-state index contributed by atoms with van der Waals surface area (Å²) in [7, 11) is 0. The SMILES string of the molecule is Cc1ccc(NC(=O)COC(=O)CCCc2nc3ccccc3c(=O)[nH]2)c(C)c1. The summed E-state index contributed by atoms with van der Waals surface area (Å²) in [6.45, 7) is 3.54. The van der Waals surface area contributed by atoms with E-state index in [0.717, 1.165) is 11.1 Å². The lowest BCUT2D eigenvalue weighted by molar-refractivity contribution is -0.147. The number of nitrogens with one attached hydrogen (secondary N) is 2. The number of carbonyl (C=O) groups is 2. The molecule has 0 saturated heterocycles. The Balaban J connectivity index is 1.44. The molecule has 0 bridgehead atoms. The van der Waals surface area contributed by atoms with Crippen LogP contribution in [0.1, 0.15) is 29.8 Å². The first-order valence-electron chi connectivity index (χ1n) is 9.43. The van der Waals surface area contributed by atoms with E-state index in [1.165, 1.54) is 0 Å². The molecule has 3 rings (SSSR count). The minimum absolute atomic E-state index is 0.132. The normalized spacial score (nSPS) is 10.7. The number of nitrogens with zero attached hydrogens (tertiary/aromatic N) is 1. The highest BCUT2D eigenvalue weighted by Crippen LogP contribution is 2.15. The highest BCUT2D eigenvalue weighted by Gasteiger charge is 2.10. The predicted octanol–water partition coefficient (Wildman–Crippen LogP) is 3.04. The molecule has 1 aromatic heterocycles. The van der Waals surface area contributed by atoms with Crippen molar-refractivity contribution in [3.05, 3.63) is 69.8 Å². The van der Waals surface area contributed by atoms with E-state index in [0.29, 0.717) is 35.3 Å². The zero-order chi connectivity index (χ0) is 20.8. The Morgan fingerprint density at radius 3 is 2.72 bits per heavy atom. The zero-order valence-electron chi connectivity index (χ0n) is 16.5. The molecule has 2 aromatic carbocycles. The molecular formula is C22H23N3O4. The van der Waals surface area contributed by atoms with Gasteiger partial charge in [-0.2, -0.15) is 0 Å². The summed E-state index contributed by atoms with van der Waals surface area (Å²) in [5.41, 5.74) is 3.17. The Labute approximate surface area is 168 Å². The van der Waals surface area contributed by atoms with Gasteiger partial charge in [-0.3, -0.25) is 14.4 Å². The number of hydrogen-bond acceptors (Lipinski definition) is 5. The van der Waals surface area contributed by atoms with Crippen LogP contribution in [-0.4, -0.2) is 28.5 Å². The van der Waals surface area contributed by atoms with Crippen molar-refractivity contribution in [3.63, 3.8) is 0 Å². The minimum Gasteiger partial charge on any atom is -0.456 e. The van der Waals surface area contributed by atoms with Gasteiger partial charge in [-0.1, -0.05) is 29.8 Å². The van der Waals surface area contributed by atoms with Crippen LogP contribution in [0, 0.1) is 13.8 Å². The van der Waals surface area contributed by atoms with Crippen molar-refractivity contribution in [2.45, 2.75) is 33.1 Å². The summed E-state index contributed by atoms with van der Waals surface area (Å²) in [5, 5.41) is 3.26. The maximum absolute atomic E-state index is 12.0. The van der Waals surface area contributed by atoms with E-state index in [-0.39, 0.29) is 24.5 Å². The molecule has 29 heavy (non-hydrogen) atoms. The second kappa shape index (κ2) is 9.14. The van der Waals surface area contributed by atoms with Crippen molar-refractivity contribution in [1.82, 2.24) is 9.97 Å². The number of aromatic nitrogens is 2. The maximum atomic E-state index is 12.0. The lowest BCUT2D eigenvalue weighted by atomic mass is 10.1. The minimum atomic E-state index is -0.469. The number of para-hydroxylation sites is 1. The van der Waals surface area contributed by atoms with Gasteiger partial charge in [-0.15, -0.1) is 0 Å². The predicted molar refractivity (Wildman–Crippen MR) is 111 cm³/mol. The first kappa shape index (κ1) is 20.3. The fourth-order valence-corrected chi connectivity index (χ4v) is 3.01. The summed E-state index contributed by atoms with van der Waals surface area (Å²) in [6.07, 6.45) is 1.02. The molecule has 0 aliphatic heterocycles. The second-order valence-electron chi connectivity index (χ2n) is 6.91. The smallest absolute Gasteiger partial charge is 0.306 e. The number of aromatic amines is 1. The first-order chi connectivity index (χ1) is 13.9. The largest absolute Gasteiger partial charge is 0.456 e. The van der Waals surface area contributed by atoms with Crippen LogP contribution in [0.2, 0.25) is 0 Å². The van der Waals surface area contributed by atoms with E-state index in [9.17, 15) is 14.4 Å². The van der Waals surface area contributed by atoms with Gasteiger partial charge in [0.25, 0.3) is 11.5 Å². The fourth-order valence-electron chi connectivity index (χ4n) is 3.01. The number of H-pyrrole nitrogens is 1. The molecule has 0 aliphatic carbocycles. The summed E-state index contributed by atoms with van der Waals surface area (Å²) < 4.78 is 5.03. The number of fused-ring (bicyclic) bond motifs is 1. The molecule has 1 amide bonds. The number of ether oxygens (including phenoxy) is 1. The molecule has 7 heteroatoms. The number of rotatable bonds is 7. The van der Waals surface area contributed by atoms with E-state index < -0.39 is 5.97 Å². The Hall–Kier alpha value is -3.48. The quantitative estimate of drug-likeness (QED) is 0.601. The van der Waals surface area contributed by atoms with Crippen LogP contribution in [0.5, 0.6) is 0 Å². The number of amides is 1. The van der Waals surface area contributed by atoms with E-state index in [1.807, 2.05) is 38.1 Å². The standard InChI is InChI=1S/C22H23N3O4/c1-14-10-11-17(15(2)12-14)24-20(26)13-29-21(27)9-5-8-19-23-18-7-4-3-6-16(18)22(28)25-19/h3-4,6-7,10-12H,5,8-9,13H2,1-2H3,(H,24,26)(H,23,25,28). The lowest BCUT2D eigenvalue weighted by Crippen LogP contribution is -2.21. The summed E-state index contributed by atoms with van der Waals surface area (Å²) >= 11 is 0. The molecule has 0 fully saturated rings.